The molecule has 0 aliphatic heterocycles. The molecule has 0 saturated carbocycles. The molecule has 0 aliphatic rings. The normalized spacial score (nSPS) is 12.1. The molecule has 0 bridgehead atoms. The number of carbonyl (C=O) groups excluding carboxylic acids is 1. The number of H-pyrrole nitrogens is 1. The molecule has 0 aliphatic carbocycles. The Morgan fingerprint density at radius 3 is 2.88 bits per heavy atom. The van der Waals surface area contributed by atoms with Gasteiger partial charge in [0.2, 0.25) is 5.56 Å². The molecule has 4 nitrogen and oxygen atoms in total. The standard InChI is InChI=1S/C11H16N2O2S/c1-8(16-2)5-6-12-11(15)9-3-4-10(14)13-7-9/h3-4,7-8H,5-6H2,1-2H3,(H,12,15)(H,13,14). The second kappa shape index (κ2) is 6.37. The van der Waals surface area contributed by atoms with Crippen LogP contribution in [0.4, 0.5) is 0 Å². The number of carbonyl (C=O) groups is 1. The summed E-state index contributed by atoms with van der Waals surface area (Å²) in [6.07, 6.45) is 4.42. The van der Waals surface area contributed by atoms with E-state index in [9.17, 15) is 9.59 Å². The molecule has 16 heavy (non-hydrogen) atoms. The first-order valence-electron chi connectivity index (χ1n) is 5.13. The molecule has 1 atom stereocenters. The van der Waals surface area contributed by atoms with Crippen molar-refractivity contribution in [1.82, 2.24) is 10.3 Å². The van der Waals surface area contributed by atoms with E-state index >= 15 is 0 Å². The molecule has 2 N–H and O–H groups in total. The molecule has 0 fully saturated rings. The van der Waals surface area contributed by atoms with Gasteiger partial charge in [0.25, 0.3) is 5.91 Å². The Balaban J connectivity index is 2.41. The maximum Gasteiger partial charge on any atom is 0.252 e. The van der Waals surface area contributed by atoms with E-state index in [1.807, 2.05) is 0 Å². The van der Waals surface area contributed by atoms with E-state index in [1.165, 1.54) is 18.3 Å². The molecule has 0 radical (unpaired) electrons. The SMILES string of the molecule is CSC(C)CCNC(=O)c1ccc(=O)[nH]c1. The Morgan fingerprint density at radius 1 is 1.56 bits per heavy atom. The molecule has 0 saturated heterocycles. The molecular weight excluding hydrogens is 224 g/mol. The number of aromatic amines is 1. The first kappa shape index (κ1) is 12.8. The van der Waals surface area contributed by atoms with Gasteiger partial charge < -0.3 is 10.3 Å². The fourth-order valence-corrected chi connectivity index (χ4v) is 1.51. The number of hydrogen-bond acceptors (Lipinski definition) is 3. The van der Waals surface area contributed by atoms with Crippen molar-refractivity contribution in [3.05, 3.63) is 34.2 Å². The topological polar surface area (TPSA) is 62.0 Å². The minimum Gasteiger partial charge on any atom is -0.352 e. The van der Waals surface area contributed by atoms with Gasteiger partial charge in [-0.3, -0.25) is 9.59 Å². The smallest absolute Gasteiger partial charge is 0.252 e. The van der Waals surface area contributed by atoms with Crippen molar-refractivity contribution >= 4 is 17.7 Å². The van der Waals surface area contributed by atoms with Gasteiger partial charge in [0.05, 0.1) is 5.56 Å². The summed E-state index contributed by atoms with van der Waals surface area (Å²) in [7, 11) is 0. The predicted molar refractivity (Wildman–Crippen MR) is 67.0 cm³/mol. The summed E-state index contributed by atoms with van der Waals surface area (Å²) in [5.41, 5.74) is 0.281. The van der Waals surface area contributed by atoms with E-state index in [2.05, 4.69) is 23.5 Å². The summed E-state index contributed by atoms with van der Waals surface area (Å²) < 4.78 is 0. The predicted octanol–water partition coefficient (Wildman–Crippen LogP) is 1.25. The highest BCUT2D eigenvalue weighted by atomic mass is 32.2. The summed E-state index contributed by atoms with van der Waals surface area (Å²) in [5.74, 6) is -0.149. The van der Waals surface area contributed by atoms with E-state index in [0.29, 0.717) is 17.4 Å². The summed E-state index contributed by atoms with van der Waals surface area (Å²) in [6, 6.07) is 2.87. The van der Waals surface area contributed by atoms with Gasteiger partial charge in [-0.25, -0.2) is 0 Å². The molecule has 1 amide bonds. The first-order chi connectivity index (χ1) is 7.63. The van der Waals surface area contributed by atoms with E-state index in [4.69, 9.17) is 0 Å². The second-order valence-corrected chi connectivity index (χ2v) is 4.81. The summed E-state index contributed by atoms with van der Waals surface area (Å²) in [5, 5.41) is 3.35. The van der Waals surface area contributed by atoms with Crippen molar-refractivity contribution in [2.24, 2.45) is 0 Å². The lowest BCUT2D eigenvalue weighted by Gasteiger charge is -2.08. The highest BCUT2D eigenvalue weighted by molar-refractivity contribution is 7.99. The lowest BCUT2D eigenvalue weighted by atomic mass is 10.2. The van der Waals surface area contributed by atoms with E-state index in [1.54, 1.807) is 11.8 Å². The highest BCUT2D eigenvalue weighted by Gasteiger charge is 2.05. The van der Waals surface area contributed by atoms with E-state index < -0.39 is 0 Å². The monoisotopic (exact) mass is 240 g/mol. The summed E-state index contributed by atoms with van der Waals surface area (Å²) in [4.78, 5) is 24.9. The molecule has 1 heterocycles. The van der Waals surface area contributed by atoms with Crippen LogP contribution in [-0.2, 0) is 0 Å². The Labute approximate surface area is 98.8 Å². The van der Waals surface area contributed by atoms with Crippen molar-refractivity contribution in [2.75, 3.05) is 12.8 Å². The molecular formula is C11H16N2O2S. The van der Waals surface area contributed by atoms with Gasteiger partial charge >= 0.3 is 0 Å². The van der Waals surface area contributed by atoms with Crippen LogP contribution in [0, 0.1) is 0 Å². The zero-order chi connectivity index (χ0) is 12.0. The van der Waals surface area contributed by atoms with Crippen molar-refractivity contribution < 1.29 is 4.79 Å². The molecule has 1 aromatic heterocycles. The van der Waals surface area contributed by atoms with Crippen LogP contribution in [0.5, 0.6) is 0 Å². The van der Waals surface area contributed by atoms with Crippen molar-refractivity contribution in [1.29, 1.82) is 0 Å². The zero-order valence-electron chi connectivity index (χ0n) is 9.45. The maximum absolute atomic E-state index is 11.6. The van der Waals surface area contributed by atoms with Crippen LogP contribution in [0.3, 0.4) is 0 Å². The molecule has 5 heteroatoms. The third kappa shape index (κ3) is 4.10. The Hall–Kier alpha value is -1.23. The quantitative estimate of drug-likeness (QED) is 0.814. The Morgan fingerprint density at radius 2 is 2.31 bits per heavy atom. The maximum atomic E-state index is 11.6. The van der Waals surface area contributed by atoms with Crippen LogP contribution >= 0.6 is 11.8 Å². The summed E-state index contributed by atoms with van der Waals surface area (Å²) in [6.45, 7) is 2.77. The van der Waals surface area contributed by atoms with Crippen LogP contribution in [0.2, 0.25) is 0 Å². The van der Waals surface area contributed by atoms with Gasteiger partial charge in [0.15, 0.2) is 0 Å². The Kier molecular flexibility index (Phi) is 5.11. The number of thioether (sulfide) groups is 1. The van der Waals surface area contributed by atoms with Gasteiger partial charge in [-0.05, 0) is 18.7 Å². The highest BCUT2D eigenvalue weighted by Crippen LogP contribution is 2.08. The van der Waals surface area contributed by atoms with Crippen molar-refractivity contribution in [3.8, 4) is 0 Å². The van der Waals surface area contributed by atoms with Crippen LogP contribution in [0.1, 0.15) is 23.7 Å². The van der Waals surface area contributed by atoms with Gasteiger partial charge in [0, 0.05) is 24.1 Å². The number of rotatable bonds is 5. The van der Waals surface area contributed by atoms with Gasteiger partial charge in [-0.15, -0.1) is 0 Å². The molecule has 1 unspecified atom stereocenters. The third-order valence-electron chi connectivity index (χ3n) is 2.29. The lowest BCUT2D eigenvalue weighted by molar-refractivity contribution is 0.0953. The third-order valence-corrected chi connectivity index (χ3v) is 3.33. The number of pyridine rings is 1. The second-order valence-electron chi connectivity index (χ2n) is 3.53. The largest absolute Gasteiger partial charge is 0.352 e. The zero-order valence-corrected chi connectivity index (χ0v) is 10.3. The molecule has 0 spiro atoms. The van der Waals surface area contributed by atoms with Crippen LogP contribution in [-0.4, -0.2) is 28.9 Å². The fourth-order valence-electron chi connectivity index (χ4n) is 1.16. The van der Waals surface area contributed by atoms with Crippen LogP contribution in [0.15, 0.2) is 23.1 Å². The van der Waals surface area contributed by atoms with E-state index in [0.717, 1.165) is 6.42 Å². The average molecular weight is 240 g/mol. The number of amides is 1. The van der Waals surface area contributed by atoms with E-state index in [-0.39, 0.29) is 11.5 Å². The molecule has 88 valence electrons. The summed E-state index contributed by atoms with van der Waals surface area (Å²) >= 11 is 1.78. The fraction of sp³-hybridized carbons (Fsp3) is 0.455. The lowest BCUT2D eigenvalue weighted by Crippen LogP contribution is -2.26. The van der Waals surface area contributed by atoms with Crippen molar-refractivity contribution in [2.45, 2.75) is 18.6 Å². The minimum atomic E-state index is -0.201. The average Bonchev–Trinajstić information content (AvgIpc) is 2.29. The van der Waals surface area contributed by atoms with Gasteiger partial charge in [-0.1, -0.05) is 6.92 Å². The Bertz CT molecular complexity index is 383. The molecule has 1 rings (SSSR count). The van der Waals surface area contributed by atoms with Crippen molar-refractivity contribution in [3.63, 3.8) is 0 Å². The number of nitrogens with one attached hydrogen (secondary N) is 2. The minimum absolute atomic E-state index is 0.149. The first-order valence-corrected chi connectivity index (χ1v) is 6.42. The number of aromatic nitrogens is 1. The molecule has 1 aromatic rings. The molecule has 0 aromatic carbocycles. The number of hydrogen-bond donors (Lipinski definition) is 2. The van der Waals surface area contributed by atoms with Crippen LogP contribution in [0.25, 0.3) is 0 Å². The van der Waals surface area contributed by atoms with Gasteiger partial charge in [-0.2, -0.15) is 11.8 Å². The van der Waals surface area contributed by atoms with Gasteiger partial charge in [0.1, 0.15) is 0 Å². The van der Waals surface area contributed by atoms with Crippen LogP contribution < -0.4 is 10.9 Å².